The zero-order chi connectivity index (χ0) is 14.8. The number of benzene rings is 1. The Labute approximate surface area is 129 Å². The first kappa shape index (κ1) is 15.5. The van der Waals surface area contributed by atoms with Crippen LogP contribution in [0.2, 0.25) is 5.02 Å². The zero-order valence-electron chi connectivity index (χ0n) is 11.5. The molecular weight excluding hydrogens is 297 g/mol. The molecule has 0 heterocycles. The second-order valence-electron chi connectivity index (χ2n) is 5.63. The summed E-state index contributed by atoms with van der Waals surface area (Å²) in [4.78, 5) is 12.5. The number of carbonyl (C=O) groups is 1. The fraction of sp³-hybridized carbons (Fsp3) is 0.533. The van der Waals surface area contributed by atoms with Crippen molar-refractivity contribution in [3.8, 4) is 5.75 Å². The maximum absolute atomic E-state index is 12.5. The van der Waals surface area contributed by atoms with Gasteiger partial charge in [-0.1, -0.05) is 37.8 Å². The van der Waals surface area contributed by atoms with Gasteiger partial charge in [-0.05, 0) is 25.0 Å². The lowest BCUT2D eigenvalue weighted by molar-refractivity contribution is -0.126. The molecule has 0 spiro atoms. The first-order valence-corrected chi connectivity index (χ1v) is 7.77. The van der Waals surface area contributed by atoms with Crippen molar-refractivity contribution >= 4 is 34.8 Å². The van der Waals surface area contributed by atoms with E-state index < -0.39 is 0 Å². The highest BCUT2D eigenvalue weighted by atomic mass is 35.5. The molecule has 1 aliphatic rings. The van der Waals surface area contributed by atoms with E-state index in [0.717, 1.165) is 25.7 Å². The summed E-state index contributed by atoms with van der Waals surface area (Å²) in [5.41, 5.74) is 0.812. The molecule has 0 bridgehead atoms. The van der Waals surface area contributed by atoms with E-state index in [4.69, 9.17) is 23.2 Å². The third-order valence-electron chi connectivity index (χ3n) is 4.11. The van der Waals surface area contributed by atoms with Crippen LogP contribution in [0.5, 0.6) is 5.75 Å². The molecule has 1 saturated carbocycles. The van der Waals surface area contributed by atoms with Crippen LogP contribution in [0.25, 0.3) is 0 Å². The Hall–Kier alpha value is -0.930. The topological polar surface area (TPSA) is 49.3 Å². The summed E-state index contributed by atoms with van der Waals surface area (Å²) in [6.45, 7) is 2.00. The van der Waals surface area contributed by atoms with Crippen LogP contribution in [-0.4, -0.2) is 11.0 Å². The Bertz CT molecular complexity index is 511. The van der Waals surface area contributed by atoms with E-state index in [2.05, 4.69) is 5.32 Å². The monoisotopic (exact) mass is 315 g/mol. The van der Waals surface area contributed by atoms with Gasteiger partial charge >= 0.3 is 0 Å². The normalized spacial score (nSPS) is 17.8. The van der Waals surface area contributed by atoms with Gasteiger partial charge in [-0.15, -0.1) is 11.6 Å². The Morgan fingerprint density at radius 3 is 2.60 bits per heavy atom. The number of rotatable bonds is 3. The van der Waals surface area contributed by atoms with Gasteiger partial charge in [-0.25, -0.2) is 0 Å². The van der Waals surface area contributed by atoms with Crippen molar-refractivity contribution in [3.63, 3.8) is 0 Å². The van der Waals surface area contributed by atoms with Gasteiger partial charge in [-0.3, -0.25) is 4.79 Å². The number of anilines is 1. The Morgan fingerprint density at radius 2 is 2.00 bits per heavy atom. The van der Waals surface area contributed by atoms with Gasteiger partial charge in [0.2, 0.25) is 5.91 Å². The molecular formula is C15H19Cl2NO2. The van der Waals surface area contributed by atoms with E-state index in [1.165, 1.54) is 12.5 Å². The predicted octanol–water partition coefficient (Wildman–Crippen LogP) is 4.69. The van der Waals surface area contributed by atoms with Gasteiger partial charge in [0.25, 0.3) is 0 Å². The highest BCUT2D eigenvalue weighted by Crippen LogP contribution is 2.38. The van der Waals surface area contributed by atoms with Gasteiger partial charge in [0, 0.05) is 16.7 Å². The first-order valence-electron chi connectivity index (χ1n) is 6.86. The number of amides is 1. The van der Waals surface area contributed by atoms with Gasteiger partial charge < -0.3 is 10.4 Å². The molecule has 3 nitrogen and oxygen atoms in total. The van der Waals surface area contributed by atoms with Crippen LogP contribution in [-0.2, 0) is 10.7 Å². The molecule has 5 heteroatoms. The number of aromatic hydroxyl groups is 1. The Morgan fingerprint density at radius 1 is 1.35 bits per heavy atom. The minimum Gasteiger partial charge on any atom is -0.506 e. The second-order valence-corrected chi connectivity index (χ2v) is 6.28. The molecule has 110 valence electrons. The summed E-state index contributed by atoms with van der Waals surface area (Å²) in [6, 6.07) is 3.11. The van der Waals surface area contributed by atoms with Crippen molar-refractivity contribution in [2.24, 2.45) is 5.41 Å². The van der Waals surface area contributed by atoms with Crippen LogP contribution in [0.15, 0.2) is 12.1 Å². The lowest BCUT2D eigenvalue weighted by Crippen LogP contribution is -2.35. The van der Waals surface area contributed by atoms with Crippen LogP contribution in [0.4, 0.5) is 5.69 Å². The molecule has 2 N–H and O–H groups in total. The summed E-state index contributed by atoms with van der Waals surface area (Å²) < 4.78 is 0. The lowest BCUT2D eigenvalue weighted by Gasteiger charge is -2.32. The quantitative estimate of drug-likeness (QED) is 0.627. The SMILES string of the molecule is CC1(C(=O)Nc2ccc(O)c(Cl)c2CCl)CCCCC1. The van der Waals surface area contributed by atoms with Crippen LogP contribution in [0.3, 0.4) is 0 Å². The maximum atomic E-state index is 12.5. The van der Waals surface area contributed by atoms with E-state index in [9.17, 15) is 9.90 Å². The lowest BCUT2D eigenvalue weighted by atomic mass is 9.75. The minimum absolute atomic E-state index is 0.00493. The second kappa shape index (κ2) is 6.23. The highest BCUT2D eigenvalue weighted by molar-refractivity contribution is 6.34. The average Bonchev–Trinajstić information content (AvgIpc) is 2.44. The third kappa shape index (κ3) is 3.04. The number of phenolic OH excluding ortho intramolecular Hbond substituents is 1. The molecule has 2 rings (SSSR count). The molecule has 1 aliphatic carbocycles. The average molecular weight is 316 g/mol. The molecule has 1 fully saturated rings. The largest absolute Gasteiger partial charge is 0.506 e. The van der Waals surface area contributed by atoms with E-state index in [1.54, 1.807) is 6.07 Å². The van der Waals surface area contributed by atoms with E-state index in [1.807, 2.05) is 6.92 Å². The van der Waals surface area contributed by atoms with E-state index in [0.29, 0.717) is 11.3 Å². The predicted molar refractivity (Wildman–Crippen MR) is 82.5 cm³/mol. The minimum atomic E-state index is -0.327. The van der Waals surface area contributed by atoms with Crippen LogP contribution in [0, 0.1) is 5.41 Å². The number of nitrogens with one attached hydrogen (secondary N) is 1. The zero-order valence-corrected chi connectivity index (χ0v) is 13.0. The Kier molecular flexibility index (Phi) is 4.82. The summed E-state index contributed by atoms with van der Waals surface area (Å²) in [6.07, 6.45) is 5.17. The summed E-state index contributed by atoms with van der Waals surface area (Å²) in [7, 11) is 0. The number of alkyl halides is 1. The fourth-order valence-corrected chi connectivity index (χ4v) is 3.27. The van der Waals surface area contributed by atoms with E-state index >= 15 is 0 Å². The van der Waals surface area contributed by atoms with Crippen molar-refractivity contribution < 1.29 is 9.90 Å². The number of carbonyl (C=O) groups excluding carboxylic acids is 1. The molecule has 1 amide bonds. The van der Waals surface area contributed by atoms with Gasteiger partial charge in [0.15, 0.2) is 0 Å². The van der Waals surface area contributed by atoms with Crippen molar-refractivity contribution in [2.75, 3.05) is 5.32 Å². The van der Waals surface area contributed by atoms with Gasteiger partial charge in [0.05, 0.1) is 10.9 Å². The summed E-state index contributed by atoms with van der Waals surface area (Å²) >= 11 is 11.9. The van der Waals surface area contributed by atoms with Crippen LogP contribution < -0.4 is 5.32 Å². The summed E-state index contributed by atoms with van der Waals surface area (Å²) in [5, 5.41) is 12.7. The molecule has 1 aromatic rings. The first-order chi connectivity index (χ1) is 9.48. The van der Waals surface area contributed by atoms with Crippen molar-refractivity contribution in [3.05, 3.63) is 22.7 Å². The van der Waals surface area contributed by atoms with Crippen molar-refractivity contribution in [1.29, 1.82) is 0 Å². The number of hydrogen-bond donors (Lipinski definition) is 2. The highest BCUT2D eigenvalue weighted by Gasteiger charge is 2.34. The fourth-order valence-electron chi connectivity index (χ4n) is 2.69. The molecule has 1 aromatic carbocycles. The third-order valence-corrected chi connectivity index (χ3v) is 4.80. The molecule has 0 aliphatic heterocycles. The number of halogens is 2. The molecule has 0 radical (unpaired) electrons. The molecule has 0 saturated heterocycles. The van der Waals surface area contributed by atoms with Crippen molar-refractivity contribution in [1.82, 2.24) is 0 Å². The van der Waals surface area contributed by atoms with Gasteiger partial charge in [-0.2, -0.15) is 0 Å². The van der Waals surface area contributed by atoms with Crippen LogP contribution >= 0.6 is 23.2 Å². The molecule has 20 heavy (non-hydrogen) atoms. The summed E-state index contributed by atoms with van der Waals surface area (Å²) in [5.74, 6) is 0.119. The molecule has 0 atom stereocenters. The Balaban J connectivity index is 2.21. The smallest absolute Gasteiger partial charge is 0.230 e. The maximum Gasteiger partial charge on any atom is 0.230 e. The van der Waals surface area contributed by atoms with Crippen LogP contribution in [0.1, 0.15) is 44.6 Å². The number of hydrogen-bond acceptors (Lipinski definition) is 2. The van der Waals surface area contributed by atoms with Gasteiger partial charge in [0.1, 0.15) is 5.75 Å². The molecule has 0 unspecified atom stereocenters. The van der Waals surface area contributed by atoms with E-state index in [-0.39, 0.29) is 28.0 Å². The standard InChI is InChI=1S/C15H19Cl2NO2/c1-15(7-3-2-4-8-15)14(20)18-11-5-6-12(19)13(17)10(11)9-16/h5-6,19H,2-4,7-9H2,1H3,(H,18,20). The number of phenols is 1. The van der Waals surface area contributed by atoms with Crippen molar-refractivity contribution in [2.45, 2.75) is 44.9 Å². The molecule has 0 aromatic heterocycles.